The van der Waals surface area contributed by atoms with Crippen molar-refractivity contribution in [2.24, 2.45) is 7.05 Å². The third kappa shape index (κ3) is 3.99. The van der Waals surface area contributed by atoms with E-state index in [4.69, 9.17) is 0 Å². The van der Waals surface area contributed by atoms with Crippen LogP contribution in [0.4, 0.5) is 10.5 Å². The van der Waals surface area contributed by atoms with Gasteiger partial charge < -0.3 is 14.8 Å². The molecule has 0 atom stereocenters. The number of imidazole rings is 1. The first-order valence-corrected chi connectivity index (χ1v) is 9.50. The molecule has 0 bridgehead atoms. The van der Waals surface area contributed by atoms with E-state index in [0.29, 0.717) is 26.1 Å². The minimum atomic E-state index is -3.63. The summed E-state index contributed by atoms with van der Waals surface area (Å²) in [7, 11) is -1.90. The molecule has 1 aromatic heterocycles. The second-order valence-electron chi connectivity index (χ2n) is 5.92. The van der Waals surface area contributed by atoms with Crippen molar-refractivity contribution in [3.05, 3.63) is 42.9 Å². The Kier molecular flexibility index (Phi) is 5.05. The normalized spacial score (nSPS) is 16.4. The zero-order valence-electron chi connectivity index (χ0n) is 14.0. The predicted octanol–water partition coefficient (Wildman–Crippen LogP) is 1.35. The van der Waals surface area contributed by atoms with Crippen LogP contribution in [0, 0.1) is 0 Å². The average Bonchev–Trinajstić information content (AvgIpc) is 2.89. The zero-order chi connectivity index (χ0) is 17.9. The monoisotopic (exact) mass is 363 g/mol. The Morgan fingerprint density at radius 1 is 1.12 bits per heavy atom. The van der Waals surface area contributed by atoms with Crippen LogP contribution < -0.4 is 5.32 Å². The van der Waals surface area contributed by atoms with Crippen LogP contribution in [-0.4, -0.2) is 59.4 Å². The van der Waals surface area contributed by atoms with E-state index in [1.165, 1.54) is 16.8 Å². The lowest BCUT2D eigenvalue weighted by Crippen LogP contribution is -2.39. The summed E-state index contributed by atoms with van der Waals surface area (Å²) in [5, 5.41) is 2.87. The van der Waals surface area contributed by atoms with Gasteiger partial charge in [0, 0.05) is 45.1 Å². The SMILES string of the molecule is Cn1cnc(S(=O)(=O)N2CCCN(C(=O)Nc3ccccc3)CC2)c1. The van der Waals surface area contributed by atoms with E-state index < -0.39 is 10.0 Å². The molecule has 1 aromatic carbocycles. The van der Waals surface area contributed by atoms with Crippen LogP contribution in [0.5, 0.6) is 0 Å². The van der Waals surface area contributed by atoms with Crippen molar-refractivity contribution in [3.8, 4) is 0 Å². The second-order valence-corrected chi connectivity index (χ2v) is 7.80. The maximum absolute atomic E-state index is 12.7. The number of amides is 2. The van der Waals surface area contributed by atoms with Crippen LogP contribution in [0.2, 0.25) is 0 Å². The van der Waals surface area contributed by atoms with Gasteiger partial charge in [0.2, 0.25) is 0 Å². The molecule has 3 rings (SSSR count). The Balaban J connectivity index is 1.65. The molecule has 1 N–H and O–H groups in total. The number of anilines is 1. The molecule has 0 spiro atoms. The molecule has 0 saturated carbocycles. The number of aryl methyl sites for hydroxylation is 1. The van der Waals surface area contributed by atoms with E-state index >= 15 is 0 Å². The third-order valence-corrected chi connectivity index (χ3v) is 5.84. The van der Waals surface area contributed by atoms with Crippen molar-refractivity contribution < 1.29 is 13.2 Å². The highest BCUT2D eigenvalue weighted by Crippen LogP contribution is 2.16. The number of aromatic nitrogens is 2. The molecule has 1 aliphatic heterocycles. The molecule has 1 aliphatic rings. The molecular formula is C16H21N5O3S. The minimum absolute atomic E-state index is 0.0391. The number of rotatable bonds is 3. The van der Waals surface area contributed by atoms with Gasteiger partial charge in [0.1, 0.15) is 0 Å². The molecule has 9 heteroatoms. The van der Waals surface area contributed by atoms with Gasteiger partial charge in [-0.05, 0) is 18.6 Å². The molecule has 2 amide bonds. The third-order valence-electron chi connectivity index (χ3n) is 4.05. The zero-order valence-corrected chi connectivity index (χ0v) is 14.8. The fourth-order valence-corrected chi connectivity index (χ4v) is 4.15. The van der Waals surface area contributed by atoms with Gasteiger partial charge in [-0.25, -0.2) is 18.2 Å². The molecule has 2 heterocycles. The smallest absolute Gasteiger partial charge is 0.321 e. The number of urea groups is 1. The summed E-state index contributed by atoms with van der Waals surface area (Å²) < 4.78 is 28.3. The average molecular weight is 363 g/mol. The molecule has 8 nitrogen and oxygen atoms in total. The lowest BCUT2D eigenvalue weighted by Gasteiger charge is -2.21. The summed E-state index contributed by atoms with van der Waals surface area (Å²) in [4.78, 5) is 18.0. The van der Waals surface area contributed by atoms with Gasteiger partial charge in [-0.1, -0.05) is 18.2 Å². The Labute approximate surface area is 147 Å². The van der Waals surface area contributed by atoms with Gasteiger partial charge >= 0.3 is 6.03 Å². The molecule has 0 aliphatic carbocycles. The van der Waals surface area contributed by atoms with Crippen LogP contribution in [-0.2, 0) is 17.1 Å². The van der Waals surface area contributed by atoms with Gasteiger partial charge in [-0.3, -0.25) is 0 Å². The first kappa shape index (κ1) is 17.4. The summed E-state index contributed by atoms with van der Waals surface area (Å²) >= 11 is 0. The Hall–Kier alpha value is -2.39. The number of sulfonamides is 1. The lowest BCUT2D eigenvalue weighted by molar-refractivity contribution is 0.214. The van der Waals surface area contributed by atoms with Crippen LogP contribution in [0.25, 0.3) is 0 Å². The first-order chi connectivity index (χ1) is 12.0. The van der Waals surface area contributed by atoms with Gasteiger partial charge in [0.05, 0.1) is 6.33 Å². The second kappa shape index (κ2) is 7.24. The number of carbonyl (C=O) groups excluding carboxylic acids is 1. The number of para-hydroxylation sites is 1. The summed E-state index contributed by atoms with van der Waals surface area (Å²) in [5.74, 6) is 0. The number of hydrogen-bond donors (Lipinski definition) is 1. The molecule has 134 valence electrons. The summed E-state index contributed by atoms with van der Waals surface area (Å²) in [6.07, 6.45) is 3.53. The summed E-state index contributed by atoms with van der Waals surface area (Å²) in [6.45, 7) is 1.47. The fourth-order valence-electron chi connectivity index (χ4n) is 2.72. The molecule has 25 heavy (non-hydrogen) atoms. The number of carbonyl (C=O) groups is 1. The van der Waals surface area contributed by atoms with Crippen molar-refractivity contribution >= 4 is 21.7 Å². The van der Waals surface area contributed by atoms with E-state index in [9.17, 15) is 13.2 Å². The van der Waals surface area contributed by atoms with E-state index in [-0.39, 0.29) is 17.6 Å². The van der Waals surface area contributed by atoms with Crippen molar-refractivity contribution in [2.75, 3.05) is 31.5 Å². The number of nitrogens with one attached hydrogen (secondary N) is 1. The first-order valence-electron chi connectivity index (χ1n) is 8.06. The van der Waals surface area contributed by atoms with E-state index in [0.717, 1.165) is 5.69 Å². The maximum Gasteiger partial charge on any atom is 0.321 e. The minimum Gasteiger partial charge on any atom is -0.339 e. The predicted molar refractivity (Wildman–Crippen MR) is 93.6 cm³/mol. The van der Waals surface area contributed by atoms with Gasteiger partial charge in [-0.15, -0.1) is 0 Å². The molecule has 2 aromatic rings. The molecule has 1 saturated heterocycles. The Bertz CT molecular complexity index is 834. The van der Waals surface area contributed by atoms with Gasteiger partial charge in [-0.2, -0.15) is 4.31 Å². The number of benzene rings is 1. The number of hydrogen-bond acceptors (Lipinski definition) is 4. The Morgan fingerprint density at radius 3 is 2.56 bits per heavy atom. The van der Waals surface area contributed by atoms with Crippen LogP contribution in [0.15, 0.2) is 47.9 Å². The molecular weight excluding hydrogens is 342 g/mol. The van der Waals surface area contributed by atoms with Gasteiger partial charge in [0.15, 0.2) is 5.03 Å². The summed E-state index contributed by atoms with van der Waals surface area (Å²) in [6, 6.07) is 8.98. The topological polar surface area (TPSA) is 87.5 Å². The van der Waals surface area contributed by atoms with Crippen LogP contribution in [0.1, 0.15) is 6.42 Å². The van der Waals surface area contributed by atoms with Crippen molar-refractivity contribution in [3.63, 3.8) is 0 Å². The molecule has 1 fully saturated rings. The number of nitrogens with zero attached hydrogens (tertiary/aromatic N) is 4. The van der Waals surface area contributed by atoms with E-state index in [1.54, 1.807) is 16.5 Å². The Morgan fingerprint density at radius 2 is 1.88 bits per heavy atom. The maximum atomic E-state index is 12.7. The van der Waals surface area contributed by atoms with Gasteiger partial charge in [0.25, 0.3) is 10.0 Å². The van der Waals surface area contributed by atoms with Crippen LogP contribution in [0.3, 0.4) is 0 Å². The molecule has 0 unspecified atom stereocenters. The largest absolute Gasteiger partial charge is 0.339 e. The standard InChI is InChI=1S/C16H21N5O3S/c1-19-12-15(17-13-19)25(23,24)21-9-5-8-20(10-11-21)16(22)18-14-6-3-2-4-7-14/h2-4,6-7,12-13H,5,8-11H2,1H3,(H,18,22). The van der Waals surface area contributed by atoms with Crippen molar-refractivity contribution in [2.45, 2.75) is 11.4 Å². The fraction of sp³-hybridized carbons (Fsp3) is 0.375. The van der Waals surface area contributed by atoms with E-state index in [2.05, 4.69) is 10.3 Å². The van der Waals surface area contributed by atoms with Crippen molar-refractivity contribution in [1.82, 2.24) is 18.8 Å². The lowest BCUT2D eigenvalue weighted by atomic mass is 10.3. The quantitative estimate of drug-likeness (QED) is 0.892. The summed E-state index contributed by atoms with van der Waals surface area (Å²) in [5.41, 5.74) is 0.717. The molecule has 0 radical (unpaired) electrons. The van der Waals surface area contributed by atoms with E-state index in [1.807, 2.05) is 30.3 Å². The highest BCUT2D eigenvalue weighted by atomic mass is 32.2. The van der Waals surface area contributed by atoms with Crippen molar-refractivity contribution in [1.29, 1.82) is 0 Å². The highest BCUT2D eigenvalue weighted by Gasteiger charge is 2.29. The van der Waals surface area contributed by atoms with Crippen LogP contribution >= 0.6 is 0 Å². The highest BCUT2D eigenvalue weighted by molar-refractivity contribution is 7.89.